The van der Waals surface area contributed by atoms with Crippen molar-refractivity contribution in [3.8, 4) is 0 Å². The second-order valence-electron chi connectivity index (χ2n) is 3.41. The van der Waals surface area contributed by atoms with Crippen LogP contribution in [0.1, 0.15) is 13.8 Å². The molecule has 17 heavy (non-hydrogen) atoms. The Morgan fingerprint density at radius 2 is 1.94 bits per heavy atom. The molecule has 0 aliphatic heterocycles. The minimum atomic E-state index is -0.284. The quantitative estimate of drug-likeness (QED) is 0.662. The number of rotatable bonds is 2. The molecule has 0 radical (unpaired) electrons. The maximum Gasteiger partial charge on any atom is 0.309 e. The van der Waals surface area contributed by atoms with Gasteiger partial charge in [0.2, 0.25) is 17.3 Å². The summed E-state index contributed by atoms with van der Waals surface area (Å²) in [6, 6.07) is 0. The number of nitrogens with zero attached hydrogens (tertiary/aromatic N) is 2. The van der Waals surface area contributed by atoms with E-state index in [1.54, 1.807) is 6.33 Å². The van der Waals surface area contributed by atoms with Gasteiger partial charge in [0.05, 0.1) is 0 Å². The van der Waals surface area contributed by atoms with E-state index < -0.39 is 0 Å². The average Bonchev–Trinajstić information content (AvgIpc) is 2.63. The van der Waals surface area contributed by atoms with Crippen LogP contribution in [0.4, 0.5) is 11.8 Å². The fraction of sp³-hybridized carbons (Fsp3) is 0.222. The van der Waals surface area contributed by atoms with E-state index in [9.17, 15) is 9.59 Å². The van der Waals surface area contributed by atoms with E-state index in [2.05, 4.69) is 30.6 Å². The van der Waals surface area contributed by atoms with Gasteiger partial charge < -0.3 is 5.32 Å². The van der Waals surface area contributed by atoms with Crippen LogP contribution in [0.25, 0.3) is 11.2 Å². The zero-order chi connectivity index (χ0) is 12.4. The van der Waals surface area contributed by atoms with E-state index in [0.717, 1.165) is 0 Å². The lowest BCUT2D eigenvalue weighted by Gasteiger charge is -2.01. The van der Waals surface area contributed by atoms with Crippen LogP contribution < -0.4 is 15.6 Å². The van der Waals surface area contributed by atoms with Crippen molar-refractivity contribution in [1.29, 1.82) is 0 Å². The van der Waals surface area contributed by atoms with Crippen LogP contribution in [0.2, 0.25) is 0 Å². The van der Waals surface area contributed by atoms with Crippen LogP contribution in [0.3, 0.4) is 0 Å². The van der Waals surface area contributed by atoms with Gasteiger partial charge in [0.15, 0.2) is 12.1 Å². The monoisotopic (exact) mass is 235 g/mol. The number of H-pyrrole nitrogens is 2. The van der Waals surface area contributed by atoms with Crippen molar-refractivity contribution in [2.75, 3.05) is 10.6 Å². The first kappa shape index (κ1) is 11.0. The first-order valence-corrected chi connectivity index (χ1v) is 4.88. The summed E-state index contributed by atoms with van der Waals surface area (Å²) in [4.78, 5) is 35.7. The van der Waals surface area contributed by atoms with Crippen molar-refractivity contribution in [2.45, 2.75) is 13.8 Å². The zero-order valence-electron chi connectivity index (χ0n) is 9.29. The molecule has 0 spiro atoms. The van der Waals surface area contributed by atoms with Gasteiger partial charge in [-0.15, -0.1) is 0 Å². The van der Waals surface area contributed by atoms with E-state index in [4.69, 9.17) is 0 Å². The van der Waals surface area contributed by atoms with Gasteiger partial charge in [0.1, 0.15) is 0 Å². The standard InChI is InChI=1S/C9H10N6O2/c1-4(16)12-8-6-7(11-3-10-6)14-9(15-8)13-5(2)17/h3H,1-2H3,(H3,10,11,12,13,14,15,16,17)/p+1. The van der Waals surface area contributed by atoms with Gasteiger partial charge >= 0.3 is 11.6 Å². The molecular formula is C9H11N6O2+. The van der Waals surface area contributed by atoms with Gasteiger partial charge in [-0.2, -0.15) is 4.98 Å². The predicted octanol–water partition coefficient (Wildman–Crippen LogP) is -0.311. The molecule has 8 nitrogen and oxygen atoms in total. The highest BCUT2D eigenvalue weighted by atomic mass is 16.2. The Hall–Kier alpha value is -2.51. The molecule has 2 heterocycles. The number of hydrogen-bond acceptors (Lipinski definition) is 4. The second-order valence-corrected chi connectivity index (χ2v) is 3.41. The normalized spacial score (nSPS) is 10.2. The van der Waals surface area contributed by atoms with E-state index in [1.165, 1.54) is 13.8 Å². The number of fused-ring (bicyclic) bond motifs is 1. The number of nitrogens with one attached hydrogen (secondary N) is 4. The number of hydrogen-bond donors (Lipinski definition) is 3. The van der Waals surface area contributed by atoms with Crippen molar-refractivity contribution in [1.82, 2.24) is 15.0 Å². The first-order chi connectivity index (χ1) is 8.06. The molecule has 8 heteroatoms. The van der Waals surface area contributed by atoms with Crippen LogP contribution in [-0.2, 0) is 9.59 Å². The summed E-state index contributed by atoms with van der Waals surface area (Å²) in [6.45, 7) is 2.73. The summed E-state index contributed by atoms with van der Waals surface area (Å²) >= 11 is 0. The minimum Gasteiger partial charge on any atom is -0.308 e. The average molecular weight is 235 g/mol. The highest BCUT2D eigenvalue weighted by Gasteiger charge is 2.16. The summed E-state index contributed by atoms with van der Waals surface area (Å²) in [5.41, 5.74) is 1.06. The van der Waals surface area contributed by atoms with Gasteiger partial charge in [0.25, 0.3) is 0 Å². The van der Waals surface area contributed by atoms with Crippen molar-refractivity contribution in [3.05, 3.63) is 6.33 Å². The van der Waals surface area contributed by atoms with Crippen LogP contribution in [0.5, 0.6) is 0 Å². The molecule has 0 unspecified atom stereocenters. The maximum atomic E-state index is 11.0. The third-order valence-electron chi connectivity index (χ3n) is 1.92. The molecule has 0 fully saturated rings. The summed E-state index contributed by atoms with van der Waals surface area (Å²) in [5.74, 6) is -0.0980. The minimum absolute atomic E-state index is 0.129. The van der Waals surface area contributed by atoms with Crippen LogP contribution in [0, 0.1) is 0 Å². The Labute approximate surface area is 95.9 Å². The molecule has 2 amide bonds. The Bertz CT molecular complexity index is 590. The number of aromatic amines is 2. The first-order valence-electron chi connectivity index (χ1n) is 4.88. The molecule has 0 bridgehead atoms. The largest absolute Gasteiger partial charge is 0.309 e. The fourth-order valence-corrected chi connectivity index (χ4v) is 1.35. The third-order valence-corrected chi connectivity index (χ3v) is 1.92. The SMILES string of the molecule is CC(=O)Nc1nc(NC(C)=O)c2[nH]c[nH+]c2n1. The molecule has 0 saturated carbocycles. The molecule has 2 aromatic heterocycles. The summed E-state index contributed by atoms with van der Waals surface area (Å²) in [5, 5.41) is 5.01. The van der Waals surface area contributed by atoms with Crippen molar-refractivity contribution in [2.24, 2.45) is 0 Å². The molecule has 4 N–H and O–H groups in total. The van der Waals surface area contributed by atoms with Gasteiger partial charge in [-0.1, -0.05) is 4.98 Å². The van der Waals surface area contributed by atoms with E-state index >= 15 is 0 Å². The molecule has 2 aromatic rings. The lowest BCUT2D eigenvalue weighted by atomic mass is 10.4. The number of carbonyl (C=O) groups is 2. The molecule has 0 aliphatic rings. The molecule has 0 aromatic carbocycles. The lowest BCUT2D eigenvalue weighted by Crippen LogP contribution is -2.14. The number of imidazole rings is 1. The predicted molar refractivity (Wildman–Crippen MR) is 59.1 cm³/mol. The Balaban J connectivity index is 2.50. The Morgan fingerprint density at radius 3 is 2.59 bits per heavy atom. The Morgan fingerprint density at radius 1 is 1.24 bits per heavy atom. The Kier molecular flexibility index (Phi) is 2.69. The maximum absolute atomic E-state index is 11.0. The highest BCUT2D eigenvalue weighted by Crippen LogP contribution is 2.16. The number of amides is 2. The molecule has 2 rings (SSSR count). The van der Waals surface area contributed by atoms with E-state index in [-0.39, 0.29) is 17.8 Å². The summed E-state index contributed by atoms with van der Waals surface area (Å²) < 4.78 is 0. The number of anilines is 2. The van der Waals surface area contributed by atoms with Crippen molar-refractivity contribution >= 4 is 34.7 Å². The third kappa shape index (κ3) is 2.36. The molecular weight excluding hydrogens is 224 g/mol. The number of carbonyl (C=O) groups excluding carboxylic acids is 2. The molecule has 88 valence electrons. The second kappa shape index (κ2) is 4.16. The molecule has 0 atom stereocenters. The zero-order valence-corrected chi connectivity index (χ0v) is 9.29. The number of aromatic nitrogens is 4. The molecule has 0 saturated heterocycles. The smallest absolute Gasteiger partial charge is 0.308 e. The van der Waals surface area contributed by atoms with Crippen molar-refractivity contribution < 1.29 is 14.6 Å². The summed E-state index contributed by atoms with van der Waals surface area (Å²) in [7, 11) is 0. The van der Waals surface area contributed by atoms with Gasteiger partial charge in [-0.05, 0) is 0 Å². The molecule has 0 aliphatic carbocycles. The van der Waals surface area contributed by atoms with Gasteiger partial charge in [0, 0.05) is 13.8 Å². The summed E-state index contributed by atoms with van der Waals surface area (Å²) in [6.07, 6.45) is 1.56. The topological polar surface area (TPSA) is 114 Å². The van der Waals surface area contributed by atoms with Crippen LogP contribution in [0.15, 0.2) is 6.33 Å². The van der Waals surface area contributed by atoms with Crippen LogP contribution in [-0.4, -0.2) is 26.8 Å². The van der Waals surface area contributed by atoms with Crippen molar-refractivity contribution in [3.63, 3.8) is 0 Å². The highest BCUT2D eigenvalue weighted by molar-refractivity contribution is 5.96. The van der Waals surface area contributed by atoms with E-state index in [1.807, 2.05) is 0 Å². The van der Waals surface area contributed by atoms with Gasteiger partial charge in [-0.3, -0.25) is 19.9 Å². The van der Waals surface area contributed by atoms with E-state index in [0.29, 0.717) is 17.0 Å². The van der Waals surface area contributed by atoms with Crippen LogP contribution >= 0.6 is 0 Å². The van der Waals surface area contributed by atoms with Gasteiger partial charge in [-0.25, -0.2) is 4.98 Å². The fourth-order valence-electron chi connectivity index (χ4n) is 1.35. The lowest BCUT2D eigenvalue weighted by molar-refractivity contribution is -0.347.